The lowest BCUT2D eigenvalue weighted by Gasteiger charge is -2.63. The first kappa shape index (κ1) is 30.0. The van der Waals surface area contributed by atoms with Gasteiger partial charge in [-0.05, 0) is 103 Å². The van der Waals surface area contributed by atoms with E-state index in [1.165, 1.54) is 0 Å². The van der Waals surface area contributed by atoms with Gasteiger partial charge in [-0.15, -0.1) is 0 Å². The number of hydrogen-bond acceptors (Lipinski definition) is 6. The second kappa shape index (κ2) is 11.6. The molecule has 4 fully saturated rings. The number of aliphatic hydroxyl groups is 5. The zero-order valence-electron chi connectivity index (χ0n) is 24.5. The zero-order valence-corrected chi connectivity index (χ0v) is 24.5. The van der Waals surface area contributed by atoms with Crippen LogP contribution in [-0.4, -0.2) is 62.4 Å². The Balaban J connectivity index is 1.23. The van der Waals surface area contributed by atoms with Crippen LogP contribution in [0.2, 0.25) is 0 Å². The van der Waals surface area contributed by atoms with E-state index in [-0.39, 0.29) is 59.0 Å². The largest absolute Gasteiger partial charge is 0.394 e. The molecule has 4 aliphatic rings. The van der Waals surface area contributed by atoms with Gasteiger partial charge < -0.3 is 30.8 Å². The number of fused-ring (bicyclic) bond motifs is 5. The number of benzene rings is 1. The summed E-state index contributed by atoms with van der Waals surface area (Å²) in [5.41, 5.74) is 0.409. The molecule has 13 atom stereocenters. The van der Waals surface area contributed by atoms with Gasteiger partial charge in [0.05, 0.1) is 31.0 Å². The summed E-state index contributed by atoms with van der Waals surface area (Å²) < 4.78 is 0. The molecule has 7 nitrogen and oxygen atoms in total. The molecular weight excluding hydrogens is 506 g/mol. The highest BCUT2D eigenvalue weighted by Gasteiger charge is 2.65. The highest BCUT2D eigenvalue weighted by atomic mass is 16.3. The van der Waals surface area contributed by atoms with Crippen LogP contribution in [0.5, 0.6) is 0 Å². The number of amides is 1. The van der Waals surface area contributed by atoms with Crippen LogP contribution in [0.25, 0.3) is 0 Å². The Bertz CT molecular complexity index is 1020. The maximum atomic E-state index is 12.9. The SMILES string of the molecule is C[C@H](CCC(=O)N[C@H](CO)[C@H](O)c1ccccc1)[C@H]1CC[C@H]2[C@@H]3[C@H](O)C[C@@H]4C[C@H](O)CC[C@]4(C)[C@H]3C[C@H](O)[C@]12C. The minimum Gasteiger partial charge on any atom is -0.394 e. The zero-order chi connectivity index (χ0) is 28.8. The van der Waals surface area contributed by atoms with Crippen molar-refractivity contribution >= 4 is 5.91 Å². The number of aliphatic hydroxyl groups excluding tert-OH is 5. The minimum absolute atomic E-state index is 0.0563. The van der Waals surface area contributed by atoms with Gasteiger partial charge in [-0.25, -0.2) is 0 Å². The number of hydrogen-bond donors (Lipinski definition) is 6. The molecule has 1 aromatic carbocycles. The predicted molar refractivity (Wildman–Crippen MR) is 153 cm³/mol. The average molecular weight is 558 g/mol. The molecule has 4 saturated carbocycles. The van der Waals surface area contributed by atoms with Gasteiger partial charge >= 0.3 is 0 Å². The lowest BCUT2D eigenvalue weighted by molar-refractivity contribution is -0.207. The topological polar surface area (TPSA) is 130 Å². The molecule has 1 aromatic rings. The standard InChI is InChI=1S/C33H51NO6/c1-19(9-12-29(39)34-26(18-35)31(40)20-7-5-4-6-8-20)23-10-11-24-30-25(17-28(38)33(23,24)3)32(2)14-13-22(36)15-21(32)16-27(30)37/h4-8,19,21-28,30-31,35-38,40H,9-18H2,1-3H3,(H,34,39)/t19-,21+,22-,23-,24+,25+,26-,27-,28+,30+,31-,32+,33-/m1/s1. The molecule has 0 unspecified atom stereocenters. The van der Waals surface area contributed by atoms with E-state index in [2.05, 4.69) is 26.1 Å². The Morgan fingerprint density at radius 1 is 1.02 bits per heavy atom. The molecule has 6 N–H and O–H groups in total. The van der Waals surface area contributed by atoms with Crippen LogP contribution >= 0.6 is 0 Å². The first-order valence-electron chi connectivity index (χ1n) is 15.7. The summed E-state index contributed by atoms with van der Waals surface area (Å²) in [6, 6.07) is 8.28. The van der Waals surface area contributed by atoms with Gasteiger partial charge in [-0.1, -0.05) is 51.1 Å². The fraction of sp³-hybridized carbons (Fsp3) is 0.788. The molecule has 0 radical (unpaired) electrons. The van der Waals surface area contributed by atoms with Crippen molar-refractivity contribution in [3.8, 4) is 0 Å². The fourth-order valence-corrected chi connectivity index (χ4v) is 10.1. The molecule has 4 aliphatic carbocycles. The predicted octanol–water partition coefficient (Wildman–Crippen LogP) is 3.57. The maximum Gasteiger partial charge on any atom is 0.220 e. The van der Waals surface area contributed by atoms with Gasteiger partial charge in [-0.2, -0.15) is 0 Å². The van der Waals surface area contributed by atoms with Crippen molar-refractivity contribution in [3.05, 3.63) is 35.9 Å². The molecule has 40 heavy (non-hydrogen) atoms. The summed E-state index contributed by atoms with van der Waals surface area (Å²) >= 11 is 0. The summed E-state index contributed by atoms with van der Waals surface area (Å²) in [6.45, 7) is 6.42. The van der Waals surface area contributed by atoms with Crippen molar-refractivity contribution in [2.45, 2.75) is 109 Å². The molecule has 5 rings (SSSR count). The van der Waals surface area contributed by atoms with E-state index < -0.39 is 24.4 Å². The van der Waals surface area contributed by atoms with Crippen molar-refractivity contribution in [1.29, 1.82) is 0 Å². The third kappa shape index (κ3) is 5.15. The first-order valence-corrected chi connectivity index (χ1v) is 15.7. The Labute approximate surface area is 239 Å². The van der Waals surface area contributed by atoms with Crippen LogP contribution in [-0.2, 0) is 4.79 Å². The van der Waals surface area contributed by atoms with Gasteiger partial charge in [0.2, 0.25) is 5.91 Å². The summed E-state index contributed by atoms with van der Waals surface area (Å²) in [5, 5.41) is 56.9. The summed E-state index contributed by atoms with van der Waals surface area (Å²) in [5.74, 6) is 1.29. The van der Waals surface area contributed by atoms with Crippen molar-refractivity contribution < 1.29 is 30.3 Å². The van der Waals surface area contributed by atoms with Gasteiger partial charge in [0, 0.05) is 6.42 Å². The van der Waals surface area contributed by atoms with Gasteiger partial charge in [0.25, 0.3) is 0 Å². The number of carbonyl (C=O) groups excluding carboxylic acids is 1. The molecule has 0 spiro atoms. The van der Waals surface area contributed by atoms with E-state index in [4.69, 9.17) is 0 Å². The third-order valence-electron chi connectivity index (χ3n) is 12.4. The quantitative estimate of drug-likeness (QED) is 0.290. The second-order valence-electron chi connectivity index (χ2n) is 14.3. The molecule has 0 bridgehead atoms. The molecule has 7 heteroatoms. The monoisotopic (exact) mass is 557 g/mol. The van der Waals surface area contributed by atoms with E-state index >= 15 is 0 Å². The van der Waals surface area contributed by atoms with Crippen LogP contribution in [0, 0.1) is 46.3 Å². The molecule has 1 amide bonds. The Morgan fingerprint density at radius 3 is 2.45 bits per heavy atom. The van der Waals surface area contributed by atoms with Gasteiger partial charge in [0.15, 0.2) is 0 Å². The van der Waals surface area contributed by atoms with Crippen molar-refractivity contribution in [2.75, 3.05) is 6.61 Å². The molecular formula is C33H51NO6. The van der Waals surface area contributed by atoms with E-state index in [1.807, 2.05) is 18.2 Å². The van der Waals surface area contributed by atoms with Crippen molar-refractivity contribution in [3.63, 3.8) is 0 Å². The van der Waals surface area contributed by atoms with Crippen LogP contribution in [0.1, 0.15) is 90.2 Å². The van der Waals surface area contributed by atoms with E-state index in [0.717, 1.165) is 38.5 Å². The second-order valence-corrected chi connectivity index (χ2v) is 14.3. The molecule has 0 aromatic heterocycles. The smallest absolute Gasteiger partial charge is 0.220 e. The minimum atomic E-state index is -0.983. The van der Waals surface area contributed by atoms with Gasteiger partial charge in [-0.3, -0.25) is 4.79 Å². The van der Waals surface area contributed by atoms with E-state index in [0.29, 0.717) is 30.7 Å². The molecule has 224 valence electrons. The highest BCUT2D eigenvalue weighted by Crippen LogP contribution is 2.68. The maximum absolute atomic E-state index is 12.9. The molecule has 0 heterocycles. The Hall–Kier alpha value is -1.51. The third-order valence-corrected chi connectivity index (χ3v) is 12.4. The van der Waals surface area contributed by atoms with E-state index in [9.17, 15) is 30.3 Å². The lowest BCUT2D eigenvalue weighted by atomic mass is 9.43. The summed E-state index contributed by atoms with van der Waals surface area (Å²) in [6.07, 6.45) is 4.83. The van der Waals surface area contributed by atoms with Crippen molar-refractivity contribution in [2.24, 2.45) is 46.3 Å². The van der Waals surface area contributed by atoms with E-state index in [1.54, 1.807) is 12.1 Å². The average Bonchev–Trinajstić information content (AvgIpc) is 3.30. The fourth-order valence-electron chi connectivity index (χ4n) is 10.1. The number of nitrogens with one attached hydrogen (secondary N) is 1. The molecule has 0 aliphatic heterocycles. The van der Waals surface area contributed by atoms with Crippen LogP contribution < -0.4 is 5.32 Å². The lowest BCUT2D eigenvalue weighted by Crippen LogP contribution is -2.62. The number of rotatable bonds is 8. The number of carbonyl (C=O) groups is 1. The first-order chi connectivity index (χ1) is 19.0. The highest BCUT2D eigenvalue weighted by molar-refractivity contribution is 5.76. The normalized spacial score (nSPS) is 43.1. The van der Waals surface area contributed by atoms with Crippen LogP contribution in [0.15, 0.2) is 30.3 Å². The Morgan fingerprint density at radius 2 is 1.75 bits per heavy atom. The van der Waals surface area contributed by atoms with Crippen molar-refractivity contribution in [1.82, 2.24) is 5.32 Å². The van der Waals surface area contributed by atoms with Crippen LogP contribution in [0.4, 0.5) is 0 Å². The summed E-state index contributed by atoms with van der Waals surface area (Å²) in [4.78, 5) is 12.9. The van der Waals surface area contributed by atoms with Crippen LogP contribution in [0.3, 0.4) is 0 Å². The van der Waals surface area contributed by atoms with Gasteiger partial charge in [0.1, 0.15) is 6.10 Å². The molecule has 0 saturated heterocycles. The summed E-state index contributed by atoms with van der Waals surface area (Å²) in [7, 11) is 0. The Kier molecular flexibility index (Phi) is 8.72.